The normalized spacial score (nSPS) is 14.3. The van der Waals surface area contributed by atoms with Crippen LogP contribution in [0, 0.1) is 0 Å². The zero-order valence-electron chi connectivity index (χ0n) is 16.4. The third-order valence-corrected chi connectivity index (χ3v) is 5.35. The molecule has 3 heterocycles. The molecule has 0 spiro atoms. The maximum Gasteiger partial charge on any atom is 0.227 e. The summed E-state index contributed by atoms with van der Waals surface area (Å²) in [6.45, 7) is 2.71. The molecule has 0 bridgehead atoms. The number of anilines is 1. The molecular formula is C22H21N7O. The lowest BCUT2D eigenvalue weighted by Gasteiger charge is -2.35. The van der Waals surface area contributed by atoms with Crippen molar-refractivity contribution in [2.75, 3.05) is 31.1 Å². The van der Waals surface area contributed by atoms with Gasteiger partial charge in [0.1, 0.15) is 6.33 Å². The van der Waals surface area contributed by atoms with Crippen LogP contribution in [0.25, 0.3) is 16.9 Å². The molecule has 2 aromatic carbocycles. The molecule has 1 amide bonds. The van der Waals surface area contributed by atoms with Crippen LogP contribution in [0.2, 0.25) is 0 Å². The SMILES string of the molecule is O=C(Cc1ccccc1)N1CCN(c2ncnc3c2nnn3-c2ccccc2)CC1. The molecule has 1 aliphatic rings. The Morgan fingerprint density at radius 1 is 0.867 bits per heavy atom. The predicted octanol–water partition coefficient (Wildman–Crippen LogP) is 2.10. The number of carbonyl (C=O) groups is 1. The van der Waals surface area contributed by atoms with Crippen LogP contribution in [-0.4, -0.2) is 61.9 Å². The van der Waals surface area contributed by atoms with E-state index in [2.05, 4.69) is 25.2 Å². The van der Waals surface area contributed by atoms with Crippen LogP contribution in [0.4, 0.5) is 5.82 Å². The molecule has 4 aromatic rings. The Kier molecular flexibility index (Phi) is 4.80. The van der Waals surface area contributed by atoms with E-state index in [4.69, 9.17) is 0 Å². The first-order chi connectivity index (χ1) is 14.8. The largest absolute Gasteiger partial charge is 0.351 e. The fourth-order valence-electron chi connectivity index (χ4n) is 3.76. The number of aromatic nitrogens is 5. The second-order valence-corrected chi connectivity index (χ2v) is 7.24. The highest BCUT2D eigenvalue weighted by Crippen LogP contribution is 2.23. The van der Waals surface area contributed by atoms with Crippen LogP contribution in [-0.2, 0) is 11.2 Å². The van der Waals surface area contributed by atoms with Crippen molar-refractivity contribution in [1.29, 1.82) is 0 Å². The average molecular weight is 399 g/mol. The van der Waals surface area contributed by atoms with Gasteiger partial charge in [0.05, 0.1) is 12.1 Å². The van der Waals surface area contributed by atoms with E-state index in [-0.39, 0.29) is 5.91 Å². The van der Waals surface area contributed by atoms with Crippen LogP contribution < -0.4 is 4.90 Å². The van der Waals surface area contributed by atoms with Gasteiger partial charge in [-0.25, -0.2) is 9.97 Å². The number of fused-ring (bicyclic) bond motifs is 1. The quantitative estimate of drug-likeness (QED) is 0.523. The summed E-state index contributed by atoms with van der Waals surface area (Å²) in [5, 5.41) is 8.63. The summed E-state index contributed by atoms with van der Waals surface area (Å²) in [7, 11) is 0. The first-order valence-corrected chi connectivity index (χ1v) is 9.98. The molecule has 0 atom stereocenters. The molecule has 1 aliphatic heterocycles. The van der Waals surface area contributed by atoms with Crippen LogP contribution >= 0.6 is 0 Å². The molecule has 1 fully saturated rings. The summed E-state index contributed by atoms with van der Waals surface area (Å²) in [6.07, 6.45) is 1.98. The van der Waals surface area contributed by atoms with Crippen molar-refractivity contribution in [2.24, 2.45) is 0 Å². The molecule has 0 aliphatic carbocycles. The van der Waals surface area contributed by atoms with Gasteiger partial charge in [0.15, 0.2) is 17.0 Å². The summed E-state index contributed by atoms with van der Waals surface area (Å²) in [6, 6.07) is 19.7. The van der Waals surface area contributed by atoms with E-state index >= 15 is 0 Å². The zero-order valence-corrected chi connectivity index (χ0v) is 16.4. The molecule has 5 rings (SSSR count). The van der Waals surface area contributed by atoms with Gasteiger partial charge in [-0.15, -0.1) is 5.10 Å². The van der Waals surface area contributed by atoms with Gasteiger partial charge in [-0.2, -0.15) is 4.68 Å². The number of nitrogens with zero attached hydrogens (tertiary/aromatic N) is 7. The highest BCUT2D eigenvalue weighted by atomic mass is 16.2. The number of rotatable bonds is 4. The van der Waals surface area contributed by atoms with Crippen LogP contribution in [0.3, 0.4) is 0 Å². The molecule has 1 saturated heterocycles. The second kappa shape index (κ2) is 7.90. The summed E-state index contributed by atoms with van der Waals surface area (Å²) in [5.74, 6) is 0.918. The number of hydrogen-bond donors (Lipinski definition) is 0. The summed E-state index contributed by atoms with van der Waals surface area (Å²) >= 11 is 0. The van der Waals surface area contributed by atoms with Gasteiger partial charge in [0, 0.05) is 26.2 Å². The number of carbonyl (C=O) groups excluding carboxylic acids is 1. The monoisotopic (exact) mass is 399 g/mol. The topological polar surface area (TPSA) is 80.0 Å². The van der Waals surface area contributed by atoms with Gasteiger partial charge < -0.3 is 9.80 Å². The molecule has 8 nitrogen and oxygen atoms in total. The Morgan fingerprint density at radius 3 is 2.30 bits per heavy atom. The Hall–Kier alpha value is -3.81. The maximum absolute atomic E-state index is 12.6. The molecule has 0 unspecified atom stereocenters. The molecule has 2 aromatic heterocycles. The molecule has 30 heavy (non-hydrogen) atoms. The van der Waals surface area contributed by atoms with E-state index in [9.17, 15) is 4.79 Å². The van der Waals surface area contributed by atoms with Gasteiger partial charge in [0.25, 0.3) is 0 Å². The number of para-hydroxylation sites is 1. The van der Waals surface area contributed by atoms with Crippen molar-refractivity contribution in [3.63, 3.8) is 0 Å². The number of benzene rings is 2. The van der Waals surface area contributed by atoms with E-state index in [1.54, 1.807) is 11.0 Å². The van der Waals surface area contributed by atoms with E-state index in [0.717, 1.165) is 17.1 Å². The first-order valence-electron chi connectivity index (χ1n) is 9.98. The van der Waals surface area contributed by atoms with Crippen molar-refractivity contribution in [1.82, 2.24) is 29.9 Å². The highest BCUT2D eigenvalue weighted by Gasteiger charge is 2.24. The molecule has 0 N–H and O–H groups in total. The van der Waals surface area contributed by atoms with E-state index in [0.29, 0.717) is 43.8 Å². The third kappa shape index (κ3) is 3.47. The third-order valence-electron chi connectivity index (χ3n) is 5.35. The standard InChI is InChI=1S/C22H21N7O/c30-19(15-17-7-3-1-4-8-17)27-11-13-28(14-12-27)21-20-22(24-16-23-21)29(26-25-20)18-9-5-2-6-10-18/h1-10,16H,11-15H2. The molecule has 150 valence electrons. The van der Waals surface area contributed by atoms with Crippen molar-refractivity contribution < 1.29 is 4.79 Å². The zero-order chi connectivity index (χ0) is 20.3. The molecule has 8 heteroatoms. The van der Waals surface area contributed by atoms with E-state index in [1.807, 2.05) is 65.6 Å². The average Bonchev–Trinajstić information content (AvgIpc) is 3.25. The lowest BCUT2D eigenvalue weighted by atomic mass is 10.1. The lowest BCUT2D eigenvalue weighted by molar-refractivity contribution is -0.130. The van der Waals surface area contributed by atoms with Crippen molar-refractivity contribution >= 4 is 22.9 Å². The van der Waals surface area contributed by atoms with Gasteiger partial charge in [-0.05, 0) is 17.7 Å². The van der Waals surface area contributed by atoms with Gasteiger partial charge in [-0.1, -0.05) is 53.7 Å². The Balaban J connectivity index is 1.32. The lowest BCUT2D eigenvalue weighted by Crippen LogP contribution is -2.49. The minimum Gasteiger partial charge on any atom is -0.351 e. The van der Waals surface area contributed by atoms with Gasteiger partial charge in [0.2, 0.25) is 5.91 Å². The fourth-order valence-corrected chi connectivity index (χ4v) is 3.76. The fraction of sp³-hybridized carbons (Fsp3) is 0.227. The molecule has 0 radical (unpaired) electrons. The predicted molar refractivity (Wildman–Crippen MR) is 113 cm³/mol. The second-order valence-electron chi connectivity index (χ2n) is 7.24. The van der Waals surface area contributed by atoms with Gasteiger partial charge >= 0.3 is 0 Å². The minimum absolute atomic E-state index is 0.156. The summed E-state index contributed by atoms with van der Waals surface area (Å²) in [5.41, 5.74) is 3.29. The minimum atomic E-state index is 0.156. The number of hydrogen-bond acceptors (Lipinski definition) is 6. The molecular weight excluding hydrogens is 378 g/mol. The van der Waals surface area contributed by atoms with Gasteiger partial charge in [-0.3, -0.25) is 4.79 Å². The van der Waals surface area contributed by atoms with E-state index < -0.39 is 0 Å². The number of amides is 1. The smallest absolute Gasteiger partial charge is 0.227 e. The van der Waals surface area contributed by atoms with Crippen molar-refractivity contribution in [3.05, 3.63) is 72.6 Å². The van der Waals surface area contributed by atoms with Crippen LogP contribution in [0.15, 0.2) is 67.0 Å². The Morgan fingerprint density at radius 2 is 1.57 bits per heavy atom. The summed E-state index contributed by atoms with van der Waals surface area (Å²) < 4.78 is 1.72. The van der Waals surface area contributed by atoms with Crippen molar-refractivity contribution in [3.8, 4) is 5.69 Å². The highest BCUT2D eigenvalue weighted by molar-refractivity contribution is 5.84. The Labute approximate surface area is 173 Å². The van der Waals surface area contributed by atoms with Crippen LogP contribution in [0.1, 0.15) is 5.56 Å². The summed E-state index contributed by atoms with van der Waals surface area (Å²) in [4.78, 5) is 25.6. The van der Waals surface area contributed by atoms with Crippen molar-refractivity contribution in [2.45, 2.75) is 6.42 Å². The molecule has 0 saturated carbocycles. The van der Waals surface area contributed by atoms with Crippen LogP contribution in [0.5, 0.6) is 0 Å². The van der Waals surface area contributed by atoms with E-state index in [1.165, 1.54) is 0 Å². The maximum atomic E-state index is 12.6. The Bertz CT molecular complexity index is 1150. The first kappa shape index (κ1) is 18.2. The number of piperazine rings is 1.